The molecule has 0 saturated carbocycles. The molecular weight excluding hydrogens is 250 g/mol. The van der Waals surface area contributed by atoms with Crippen LogP contribution in [0.2, 0.25) is 0 Å². The fourth-order valence-electron chi connectivity index (χ4n) is 2.18. The molecule has 0 atom stereocenters. The molecule has 0 aliphatic carbocycles. The molecule has 100 valence electrons. The van der Waals surface area contributed by atoms with E-state index in [2.05, 4.69) is 21.5 Å². The van der Waals surface area contributed by atoms with E-state index >= 15 is 0 Å². The van der Waals surface area contributed by atoms with Crippen molar-refractivity contribution in [1.29, 1.82) is 0 Å². The van der Waals surface area contributed by atoms with Gasteiger partial charge in [-0.3, -0.25) is 4.99 Å². The molecule has 2 aromatic rings. The summed E-state index contributed by atoms with van der Waals surface area (Å²) in [7, 11) is 0. The Hall–Kier alpha value is -2.82. The van der Waals surface area contributed by atoms with Crippen molar-refractivity contribution in [3.63, 3.8) is 0 Å². The van der Waals surface area contributed by atoms with Gasteiger partial charge in [-0.2, -0.15) is 0 Å². The summed E-state index contributed by atoms with van der Waals surface area (Å²) in [5.74, 6) is 0.422. The number of anilines is 3. The summed E-state index contributed by atoms with van der Waals surface area (Å²) in [6.45, 7) is 4.61. The van der Waals surface area contributed by atoms with Crippen LogP contribution in [0, 0.1) is 0 Å². The topological polar surface area (TPSA) is 80.5 Å². The fourth-order valence-corrected chi connectivity index (χ4v) is 2.18. The number of para-hydroxylation sites is 2. The van der Waals surface area contributed by atoms with Crippen molar-refractivity contribution in [2.24, 2.45) is 4.99 Å². The third-order valence-corrected chi connectivity index (χ3v) is 3.24. The first kappa shape index (κ1) is 12.2. The number of rotatable bonds is 2. The molecule has 0 unspecified atom stereocenters. The lowest BCUT2D eigenvalue weighted by atomic mass is 10.1. The minimum atomic E-state index is 0.422. The second-order valence-electron chi connectivity index (χ2n) is 4.63. The summed E-state index contributed by atoms with van der Waals surface area (Å²) in [4.78, 5) is 10.5. The van der Waals surface area contributed by atoms with Gasteiger partial charge in [0, 0.05) is 23.5 Å². The minimum Gasteiger partial charge on any atom is -0.398 e. The number of allylic oxidation sites excluding steroid dienone is 1. The molecule has 1 aliphatic rings. The van der Waals surface area contributed by atoms with E-state index < -0.39 is 0 Å². The van der Waals surface area contributed by atoms with Gasteiger partial charge in [0.25, 0.3) is 0 Å². The number of nitrogens with zero attached hydrogens (tertiary/aromatic N) is 3. The molecule has 3 rings (SSSR count). The Morgan fingerprint density at radius 1 is 1.20 bits per heavy atom. The van der Waals surface area contributed by atoms with E-state index in [1.165, 1.54) is 0 Å². The molecule has 1 aromatic carbocycles. The molecule has 4 N–H and O–H groups in total. The maximum Gasteiger partial charge on any atom is 0.125 e. The molecule has 0 radical (unpaired) electrons. The maximum atomic E-state index is 5.99. The summed E-state index contributed by atoms with van der Waals surface area (Å²) in [5, 5.41) is 0. The van der Waals surface area contributed by atoms with E-state index in [0.717, 1.165) is 22.6 Å². The van der Waals surface area contributed by atoms with Gasteiger partial charge in [0.15, 0.2) is 0 Å². The first-order valence-corrected chi connectivity index (χ1v) is 6.24. The number of hydrogen-bond acceptors (Lipinski definition) is 5. The number of aromatic nitrogens is 1. The first-order valence-electron chi connectivity index (χ1n) is 6.24. The van der Waals surface area contributed by atoms with Crippen LogP contribution in [0.3, 0.4) is 0 Å². The van der Waals surface area contributed by atoms with Gasteiger partial charge in [0.05, 0.1) is 29.8 Å². The van der Waals surface area contributed by atoms with E-state index in [0.29, 0.717) is 18.1 Å². The lowest BCUT2D eigenvalue weighted by molar-refractivity contribution is 0.938. The Balaban J connectivity index is 1.97. The molecule has 0 spiro atoms. The maximum absolute atomic E-state index is 5.99. The van der Waals surface area contributed by atoms with E-state index in [1.54, 1.807) is 18.5 Å². The van der Waals surface area contributed by atoms with Crippen LogP contribution >= 0.6 is 0 Å². The molecule has 0 saturated heterocycles. The Morgan fingerprint density at radius 2 is 2.00 bits per heavy atom. The molecular formula is C15H15N5. The highest BCUT2D eigenvalue weighted by Gasteiger charge is 2.18. The van der Waals surface area contributed by atoms with Crippen LogP contribution in [0.4, 0.5) is 22.9 Å². The highest BCUT2D eigenvalue weighted by Crippen LogP contribution is 2.35. The smallest absolute Gasteiger partial charge is 0.125 e. The summed E-state index contributed by atoms with van der Waals surface area (Å²) in [6.07, 6.45) is 3.45. The fraction of sp³-hybridized carbons (Fsp3) is 0.0667. The largest absolute Gasteiger partial charge is 0.398 e. The number of fused-ring (bicyclic) bond motifs is 1. The number of nitrogens with two attached hydrogens (primary N) is 2. The minimum absolute atomic E-state index is 0.422. The van der Waals surface area contributed by atoms with Crippen molar-refractivity contribution < 1.29 is 0 Å². The van der Waals surface area contributed by atoms with Crippen LogP contribution in [0.15, 0.2) is 53.8 Å². The van der Waals surface area contributed by atoms with Gasteiger partial charge in [0.2, 0.25) is 0 Å². The van der Waals surface area contributed by atoms with Crippen molar-refractivity contribution in [2.75, 3.05) is 16.4 Å². The monoisotopic (exact) mass is 265 g/mol. The highest BCUT2D eigenvalue weighted by molar-refractivity contribution is 5.92. The van der Waals surface area contributed by atoms with Crippen molar-refractivity contribution in [3.8, 4) is 0 Å². The van der Waals surface area contributed by atoms with Gasteiger partial charge in [0.1, 0.15) is 5.82 Å². The molecule has 0 amide bonds. The summed E-state index contributed by atoms with van der Waals surface area (Å²) >= 11 is 0. The van der Waals surface area contributed by atoms with Crippen LogP contribution in [-0.4, -0.2) is 11.2 Å². The second-order valence-corrected chi connectivity index (χ2v) is 4.63. The molecule has 0 fully saturated rings. The van der Waals surface area contributed by atoms with Crippen molar-refractivity contribution in [3.05, 3.63) is 54.4 Å². The third kappa shape index (κ3) is 2.09. The highest BCUT2D eigenvalue weighted by atomic mass is 15.2. The van der Waals surface area contributed by atoms with Gasteiger partial charge in [-0.25, -0.2) is 4.98 Å². The van der Waals surface area contributed by atoms with Gasteiger partial charge in [-0.1, -0.05) is 18.7 Å². The van der Waals surface area contributed by atoms with Crippen LogP contribution in [0.1, 0.15) is 5.56 Å². The predicted octanol–water partition coefficient (Wildman–Crippen LogP) is 2.48. The van der Waals surface area contributed by atoms with Crippen LogP contribution < -0.4 is 16.4 Å². The average molecular weight is 265 g/mol. The predicted molar refractivity (Wildman–Crippen MR) is 83.0 cm³/mol. The zero-order valence-electron chi connectivity index (χ0n) is 11.0. The lowest BCUT2D eigenvalue weighted by Gasteiger charge is -2.29. The van der Waals surface area contributed by atoms with Crippen LogP contribution in [-0.2, 0) is 6.54 Å². The number of pyridine rings is 1. The van der Waals surface area contributed by atoms with E-state index in [1.807, 2.05) is 24.3 Å². The molecule has 20 heavy (non-hydrogen) atoms. The zero-order chi connectivity index (χ0) is 14.1. The van der Waals surface area contributed by atoms with Crippen molar-refractivity contribution in [1.82, 2.24) is 4.98 Å². The van der Waals surface area contributed by atoms with Gasteiger partial charge in [-0.15, -0.1) is 0 Å². The summed E-state index contributed by atoms with van der Waals surface area (Å²) in [6, 6.07) is 9.59. The Labute approximate surface area is 117 Å². The number of nitrogen functional groups attached to an aromatic ring is 2. The standard InChI is InChI=1S/C15H15N5/c1-10-7-18-13-4-2-3-5-14(13)20(10)9-11-8-19-15(17)6-12(11)16/h2-8H,1,9H2,(H4,16,17,19). The summed E-state index contributed by atoms with van der Waals surface area (Å²) < 4.78 is 0. The number of aliphatic imine (C=N–C) groups is 1. The SMILES string of the molecule is C=C1C=Nc2ccccc2N1Cc1cnc(N)cc1N. The first-order chi connectivity index (χ1) is 9.65. The average Bonchev–Trinajstić information content (AvgIpc) is 2.44. The number of benzene rings is 1. The molecule has 1 aliphatic heterocycles. The van der Waals surface area contributed by atoms with Crippen molar-refractivity contribution in [2.45, 2.75) is 6.54 Å². The van der Waals surface area contributed by atoms with Gasteiger partial charge < -0.3 is 16.4 Å². The number of hydrogen-bond donors (Lipinski definition) is 2. The summed E-state index contributed by atoms with van der Waals surface area (Å²) in [5.41, 5.74) is 15.9. The normalized spacial score (nSPS) is 13.4. The molecule has 1 aromatic heterocycles. The molecule has 5 heteroatoms. The molecule has 0 bridgehead atoms. The lowest BCUT2D eigenvalue weighted by Crippen LogP contribution is -2.24. The van der Waals surface area contributed by atoms with Crippen LogP contribution in [0.5, 0.6) is 0 Å². The second kappa shape index (κ2) is 4.70. The Morgan fingerprint density at radius 3 is 2.80 bits per heavy atom. The molecule has 2 heterocycles. The van der Waals surface area contributed by atoms with E-state index in [4.69, 9.17) is 11.5 Å². The van der Waals surface area contributed by atoms with Crippen LogP contribution in [0.25, 0.3) is 0 Å². The van der Waals surface area contributed by atoms with E-state index in [9.17, 15) is 0 Å². The Bertz CT molecular complexity index is 705. The van der Waals surface area contributed by atoms with Gasteiger partial charge >= 0.3 is 0 Å². The van der Waals surface area contributed by atoms with E-state index in [-0.39, 0.29) is 0 Å². The van der Waals surface area contributed by atoms with Crippen molar-refractivity contribution >= 4 is 29.1 Å². The zero-order valence-corrected chi connectivity index (χ0v) is 11.0. The third-order valence-electron chi connectivity index (χ3n) is 3.24. The van der Waals surface area contributed by atoms with Gasteiger partial charge in [-0.05, 0) is 12.1 Å². The Kier molecular flexibility index (Phi) is 2.87. The molecule has 5 nitrogen and oxygen atoms in total. The quantitative estimate of drug-likeness (QED) is 0.874.